The van der Waals surface area contributed by atoms with Crippen LogP contribution in [-0.2, 0) is 11.2 Å². The highest BCUT2D eigenvalue weighted by Crippen LogP contribution is 2.18. The summed E-state index contributed by atoms with van der Waals surface area (Å²) in [6.45, 7) is 4.85. The number of nitrogens with zero attached hydrogens (tertiary/aromatic N) is 1. The molecule has 1 atom stereocenters. The van der Waals surface area contributed by atoms with Crippen molar-refractivity contribution in [1.29, 1.82) is 0 Å². The normalized spacial score (nSPS) is 12.7. The number of rotatable bonds is 7. The van der Waals surface area contributed by atoms with Gasteiger partial charge in [-0.1, -0.05) is 25.4 Å². The first-order valence-electron chi connectivity index (χ1n) is 6.33. The average Bonchev–Trinajstić information content (AvgIpc) is 2.30. The molecule has 0 aliphatic heterocycles. The van der Waals surface area contributed by atoms with Crippen molar-refractivity contribution in [3.8, 4) is 0 Å². The fraction of sp³-hybridized carbons (Fsp3) is 0.571. The summed E-state index contributed by atoms with van der Waals surface area (Å²) >= 11 is 5.98. The summed E-state index contributed by atoms with van der Waals surface area (Å²) < 4.78 is 0. The Kier molecular flexibility index (Phi) is 6.30. The Morgan fingerprint density at radius 1 is 1.50 bits per heavy atom. The Bertz CT molecular complexity index is 393. The van der Waals surface area contributed by atoms with Gasteiger partial charge in [-0.15, -0.1) is 0 Å². The molecule has 0 bridgehead atoms. The minimum atomic E-state index is 0.194. The standard InChI is InChI=1S/C14H21ClN2O/c1-10(2)5-11(8-16)6-13(18)7-12-3-4-17-9-14(12)15/h3-4,9-11H,5-8,16H2,1-2H3. The smallest absolute Gasteiger partial charge is 0.137 e. The van der Waals surface area contributed by atoms with Crippen LogP contribution in [0.2, 0.25) is 5.02 Å². The molecule has 1 aromatic rings. The van der Waals surface area contributed by atoms with Crippen LogP contribution in [0.1, 0.15) is 32.3 Å². The molecule has 0 aliphatic rings. The predicted molar refractivity (Wildman–Crippen MR) is 74.6 cm³/mol. The number of aromatic nitrogens is 1. The second kappa shape index (κ2) is 7.49. The van der Waals surface area contributed by atoms with Gasteiger partial charge in [-0.3, -0.25) is 9.78 Å². The van der Waals surface area contributed by atoms with Crippen molar-refractivity contribution in [2.75, 3.05) is 6.54 Å². The Hall–Kier alpha value is -0.930. The zero-order valence-corrected chi connectivity index (χ0v) is 11.8. The van der Waals surface area contributed by atoms with E-state index in [9.17, 15) is 4.79 Å². The lowest BCUT2D eigenvalue weighted by Gasteiger charge is -2.16. The summed E-state index contributed by atoms with van der Waals surface area (Å²) in [6.07, 6.45) is 5.12. The van der Waals surface area contributed by atoms with Crippen LogP contribution in [0.25, 0.3) is 0 Å². The third-order valence-corrected chi connectivity index (χ3v) is 3.24. The maximum absolute atomic E-state index is 12.0. The van der Waals surface area contributed by atoms with E-state index in [-0.39, 0.29) is 11.7 Å². The molecular weight excluding hydrogens is 248 g/mol. The second-order valence-corrected chi connectivity index (χ2v) is 5.53. The molecule has 1 unspecified atom stereocenters. The zero-order chi connectivity index (χ0) is 13.5. The highest BCUT2D eigenvalue weighted by atomic mass is 35.5. The molecule has 0 aromatic carbocycles. The number of hydrogen-bond acceptors (Lipinski definition) is 3. The van der Waals surface area contributed by atoms with Crippen LogP contribution in [0.3, 0.4) is 0 Å². The molecule has 0 fully saturated rings. The van der Waals surface area contributed by atoms with Crippen molar-refractivity contribution in [3.05, 3.63) is 29.0 Å². The molecule has 100 valence electrons. The fourth-order valence-corrected chi connectivity index (χ4v) is 2.27. The predicted octanol–water partition coefficient (Wildman–Crippen LogP) is 2.86. The summed E-state index contributed by atoms with van der Waals surface area (Å²) in [4.78, 5) is 15.9. The average molecular weight is 269 g/mol. The molecular formula is C14H21ClN2O. The molecule has 4 heteroatoms. The summed E-state index contributed by atoms with van der Waals surface area (Å²) in [5, 5.41) is 0.555. The summed E-state index contributed by atoms with van der Waals surface area (Å²) in [6, 6.07) is 1.79. The van der Waals surface area contributed by atoms with Gasteiger partial charge in [0, 0.05) is 25.2 Å². The number of pyridine rings is 1. The van der Waals surface area contributed by atoms with E-state index in [1.165, 1.54) is 0 Å². The molecule has 0 spiro atoms. The summed E-state index contributed by atoms with van der Waals surface area (Å²) in [7, 11) is 0. The highest BCUT2D eigenvalue weighted by Gasteiger charge is 2.15. The first-order chi connectivity index (χ1) is 8.52. The van der Waals surface area contributed by atoms with Crippen LogP contribution in [0, 0.1) is 11.8 Å². The van der Waals surface area contributed by atoms with Gasteiger partial charge in [-0.2, -0.15) is 0 Å². The van der Waals surface area contributed by atoms with E-state index >= 15 is 0 Å². The quantitative estimate of drug-likeness (QED) is 0.827. The van der Waals surface area contributed by atoms with Crippen molar-refractivity contribution in [1.82, 2.24) is 4.98 Å². The largest absolute Gasteiger partial charge is 0.330 e. The SMILES string of the molecule is CC(C)CC(CN)CC(=O)Cc1ccncc1Cl. The molecule has 18 heavy (non-hydrogen) atoms. The van der Waals surface area contributed by atoms with E-state index < -0.39 is 0 Å². The number of carbonyl (C=O) groups excluding carboxylic acids is 1. The lowest BCUT2D eigenvalue weighted by atomic mass is 9.91. The maximum Gasteiger partial charge on any atom is 0.137 e. The number of ketones is 1. The van der Waals surface area contributed by atoms with Gasteiger partial charge < -0.3 is 5.73 Å². The van der Waals surface area contributed by atoms with Gasteiger partial charge in [-0.25, -0.2) is 0 Å². The summed E-state index contributed by atoms with van der Waals surface area (Å²) in [5.74, 6) is 1.04. The van der Waals surface area contributed by atoms with E-state index in [1.54, 1.807) is 18.5 Å². The van der Waals surface area contributed by atoms with Gasteiger partial charge in [0.2, 0.25) is 0 Å². The maximum atomic E-state index is 12.0. The topological polar surface area (TPSA) is 56.0 Å². The molecule has 0 saturated carbocycles. The van der Waals surface area contributed by atoms with Crippen LogP contribution in [0.4, 0.5) is 0 Å². The Morgan fingerprint density at radius 2 is 2.22 bits per heavy atom. The van der Waals surface area contributed by atoms with Crippen molar-refractivity contribution in [2.45, 2.75) is 33.1 Å². The molecule has 1 aromatic heterocycles. The molecule has 0 aliphatic carbocycles. The molecule has 0 saturated heterocycles. The van der Waals surface area contributed by atoms with Gasteiger partial charge >= 0.3 is 0 Å². The first-order valence-corrected chi connectivity index (χ1v) is 6.70. The van der Waals surface area contributed by atoms with Crippen molar-refractivity contribution in [2.24, 2.45) is 17.6 Å². The number of Topliss-reactive ketones (excluding diaryl/α,β-unsaturated/α-hetero) is 1. The Morgan fingerprint density at radius 3 is 2.78 bits per heavy atom. The second-order valence-electron chi connectivity index (χ2n) is 5.12. The lowest BCUT2D eigenvalue weighted by Crippen LogP contribution is -2.20. The molecule has 1 heterocycles. The van der Waals surface area contributed by atoms with Crippen molar-refractivity contribution < 1.29 is 4.79 Å². The van der Waals surface area contributed by atoms with Crippen LogP contribution in [0.15, 0.2) is 18.5 Å². The Balaban J connectivity index is 2.53. The molecule has 1 rings (SSSR count). The number of hydrogen-bond donors (Lipinski definition) is 1. The highest BCUT2D eigenvalue weighted by molar-refractivity contribution is 6.31. The number of halogens is 1. The third-order valence-electron chi connectivity index (χ3n) is 2.90. The summed E-state index contributed by atoms with van der Waals surface area (Å²) in [5.41, 5.74) is 6.55. The molecule has 2 N–H and O–H groups in total. The van der Waals surface area contributed by atoms with E-state index in [2.05, 4.69) is 18.8 Å². The van der Waals surface area contributed by atoms with E-state index in [0.717, 1.165) is 12.0 Å². The zero-order valence-electron chi connectivity index (χ0n) is 11.0. The van der Waals surface area contributed by atoms with Gasteiger partial charge in [0.15, 0.2) is 0 Å². The molecule has 0 amide bonds. The number of carbonyl (C=O) groups is 1. The first kappa shape index (κ1) is 15.1. The number of nitrogens with two attached hydrogens (primary N) is 1. The third kappa shape index (κ3) is 5.15. The van der Waals surface area contributed by atoms with Gasteiger partial charge in [-0.05, 0) is 36.4 Å². The van der Waals surface area contributed by atoms with Crippen LogP contribution in [-0.4, -0.2) is 17.3 Å². The van der Waals surface area contributed by atoms with E-state index in [4.69, 9.17) is 17.3 Å². The van der Waals surface area contributed by atoms with Crippen molar-refractivity contribution in [3.63, 3.8) is 0 Å². The van der Waals surface area contributed by atoms with Crippen LogP contribution < -0.4 is 5.73 Å². The minimum Gasteiger partial charge on any atom is -0.330 e. The monoisotopic (exact) mass is 268 g/mol. The fourth-order valence-electron chi connectivity index (χ4n) is 2.08. The van der Waals surface area contributed by atoms with Crippen molar-refractivity contribution >= 4 is 17.4 Å². The van der Waals surface area contributed by atoms with E-state index in [0.29, 0.717) is 30.3 Å². The van der Waals surface area contributed by atoms with Crippen LogP contribution in [0.5, 0.6) is 0 Å². The van der Waals surface area contributed by atoms with Gasteiger partial charge in [0.05, 0.1) is 5.02 Å². The Labute approximate surface area is 114 Å². The van der Waals surface area contributed by atoms with Gasteiger partial charge in [0.25, 0.3) is 0 Å². The van der Waals surface area contributed by atoms with Crippen LogP contribution >= 0.6 is 11.6 Å². The molecule has 0 radical (unpaired) electrons. The lowest BCUT2D eigenvalue weighted by molar-refractivity contribution is -0.119. The molecule has 3 nitrogen and oxygen atoms in total. The van der Waals surface area contributed by atoms with Gasteiger partial charge in [0.1, 0.15) is 5.78 Å². The van der Waals surface area contributed by atoms with E-state index in [1.807, 2.05) is 0 Å². The minimum absolute atomic E-state index is 0.194.